The zero-order chi connectivity index (χ0) is 21.5. The van der Waals surface area contributed by atoms with Crippen LogP contribution in [0.3, 0.4) is 0 Å². The normalized spacial score (nSPS) is 10.6. The minimum atomic E-state index is 0.101. The van der Waals surface area contributed by atoms with E-state index in [9.17, 15) is 9.59 Å². The maximum absolute atomic E-state index is 11.4. The van der Waals surface area contributed by atoms with Gasteiger partial charge < -0.3 is 4.74 Å². The maximum atomic E-state index is 11.4. The van der Waals surface area contributed by atoms with E-state index in [4.69, 9.17) is 4.74 Å². The van der Waals surface area contributed by atoms with Crippen LogP contribution in [0.15, 0.2) is 66.7 Å². The largest absolute Gasteiger partial charge is 0.497 e. The van der Waals surface area contributed by atoms with E-state index in [1.54, 1.807) is 21.0 Å². The molecule has 3 rings (SSSR count). The zero-order valence-corrected chi connectivity index (χ0v) is 18.9. The Balaban J connectivity index is 1.88. The molecule has 154 valence electrons. The van der Waals surface area contributed by atoms with E-state index in [1.165, 1.54) is 23.5 Å². The monoisotopic (exact) mass is 436 g/mol. The second-order valence-electron chi connectivity index (χ2n) is 6.90. The SMILES string of the molecule is COc1ccc(-c2ccc(-c3cc(CSC(C)=O)cc(CSC(C)=O)c3)cc2)cc1. The third kappa shape index (κ3) is 6.25. The molecule has 0 unspecified atom stereocenters. The molecule has 0 aliphatic rings. The van der Waals surface area contributed by atoms with Gasteiger partial charge in [0.2, 0.25) is 0 Å². The van der Waals surface area contributed by atoms with Gasteiger partial charge >= 0.3 is 0 Å². The minimum Gasteiger partial charge on any atom is -0.497 e. The number of carbonyl (C=O) groups excluding carboxylic acids is 2. The number of rotatable bonds is 7. The summed E-state index contributed by atoms with van der Waals surface area (Å²) in [7, 11) is 1.66. The second kappa shape index (κ2) is 10.5. The van der Waals surface area contributed by atoms with Gasteiger partial charge in [-0.2, -0.15) is 0 Å². The third-order valence-corrected chi connectivity index (χ3v) is 6.35. The molecule has 0 aliphatic carbocycles. The number of methoxy groups -OCH3 is 1. The van der Waals surface area contributed by atoms with Crippen molar-refractivity contribution in [2.45, 2.75) is 25.4 Å². The molecule has 0 amide bonds. The third-order valence-electron chi connectivity index (χ3n) is 4.58. The molecular weight excluding hydrogens is 412 g/mol. The molecule has 0 fully saturated rings. The summed E-state index contributed by atoms with van der Waals surface area (Å²) in [5.41, 5.74) is 6.65. The molecule has 0 aromatic heterocycles. The van der Waals surface area contributed by atoms with E-state index >= 15 is 0 Å². The van der Waals surface area contributed by atoms with Gasteiger partial charge in [0.05, 0.1) is 7.11 Å². The first-order valence-electron chi connectivity index (χ1n) is 9.59. The highest BCUT2D eigenvalue weighted by Gasteiger charge is 2.08. The van der Waals surface area contributed by atoms with Crippen LogP contribution in [-0.2, 0) is 21.1 Å². The Morgan fingerprint density at radius 2 is 1.07 bits per heavy atom. The molecule has 3 aromatic carbocycles. The molecule has 3 aromatic rings. The van der Waals surface area contributed by atoms with E-state index in [1.807, 2.05) is 24.3 Å². The van der Waals surface area contributed by atoms with Crippen LogP contribution in [0, 0.1) is 0 Å². The van der Waals surface area contributed by atoms with Crippen LogP contribution < -0.4 is 4.74 Å². The van der Waals surface area contributed by atoms with Crippen LogP contribution in [-0.4, -0.2) is 17.3 Å². The highest BCUT2D eigenvalue weighted by Crippen LogP contribution is 2.29. The molecule has 5 heteroatoms. The average Bonchev–Trinajstić information content (AvgIpc) is 2.76. The van der Waals surface area contributed by atoms with Gasteiger partial charge in [-0.3, -0.25) is 9.59 Å². The number of hydrogen-bond acceptors (Lipinski definition) is 5. The quantitative estimate of drug-likeness (QED) is 0.418. The number of ether oxygens (including phenoxy) is 1. The Morgan fingerprint density at radius 1 is 0.667 bits per heavy atom. The summed E-state index contributed by atoms with van der Waals surface area (Å²) in [5, 5.41) is 0.202. The summed E-state index contributed by atoms with van der Waals surface area (Å²) < 4.78 is 5.23. The molecule has 0 saturated heterocycles. The summed E-state index contributed by atoms with van der Waals surface area (Å²) in [4.78, 5) is 22.8. The molecular formula is C25H24O3S2. The van der Waals surface area contributed by atoms with Gasteiger partial charge in [-0.25, -0.2) is 0 Å². The summed E-state index contributed by atoms with van der Waals surface area (Å²) in [6, 6.07) is 22.8. The maximum Gasteiger partial charge on any atom is 0.186 e. The second-order valence-corrected chi connectivity index (χ2v) is 9.21. The molecule has 0 radical (unpaired) electrons. The predicted molar refractivity (Wildman–Crippen MR) is 128 cm³/mol. The number of hydrogen-bond donors (Lipinski definition) is 0. The van der Waals surface area contributed by atoms with Crippen molar-refractivity contribution in [2.75, 3.05) is 7.11 Å². The van der Waals surface area contributed by atoms with E-state index in [0.29, 0.717) is 11.5 Å². The lowest BCUT2D eigenvalue weighted by molar-refractivity contribution is -0.109. The Bertz CT molecular complexity index is 989. The van der Waals surface area contributed by atoms with Crippen molar-refractivity contribution in [3.63, 3.8) is 0 Å². The fourth-order valence-corrected chi connectivity index (χ4v) is 4.18. The number of thioether (sulfide) groups is 2. The van der Waals surface area contributed by atoms with Crippen molar-refractivity contribution in [3.8, 4) is 28.0 Å². The van der Waals surface area contributed by atoms with E-state index in [0.717, 1.165) is 39.1 Å². The van der Waals surface area contributed by atoms with Gasteiger partial charge in [-0.1, -0.05) is 78.1 Å². The Labute approximate surface area is 186 Å². The highest BCUT2D eigenvalue weighted by molar-refractivity contribution is 8.13. The smallest absolute Gasteiger partial charge is 0.186 e. The van der Waals surface area contributed by atoms with Crippen LogP contribution >= 0.6 is 23.5 Å². The molecule has 3 nitrogen and oxygen atoms in total. The first-order chi connectivity index (χ1) is 14.4. The lowest BCUT2D eigenvalue weighted by Gasteiger charge is -2.11. The fraction of sp³-hybridized carbons (Fsp3) is 0.200. The lowest BCUT2D eigenvalue weighted by Crippen LogP contribution is -1.93. The molecule has 0 aliphatic heterocycles. The van der Waals surface area contributed by atoms with Gasteiger partial charge in [0.15, 0.2) is 10.2 Å². The molecule has 0 heterocycles. The standard InChI is InChI=1S/C25H24O3S2/c1-17(26)29-15-19-12-20(16-30-18(2)27)14-24(13-19)23-6-4-21(5-7-23)22-8-10-25(28-3)11-9-22/h4-14H,15-16H2,1-3H3. The van der Waals surface area contributed by atoms with Gasteiger partial charge in [0.25, 0.3) is 0 Å². The van der Waals surface area contributed by atoms with E-state index < -0.39 is 0 Å². The van der Waals surface area contributed by atoms with Gasteiger partial charge in [-0.15, -0.1) is 0 Å². The van der Waals surface area contributed by atoms with Crippen LogP contribution in [0.5, 0.6) is 5.75 Å². The molecule has 0 atom stereocenters. The van der Waals surface area contributed by atoms with Crippen molar-refractivity contribution in [2.24, 2.45) is 0 Å². The topological polar surface area (TPSA) is 43.4 Å². The summed E-state index contributed by atoms with van der Waals surface area (Å²) >= 11 is 2.60. The summed E-state index contributed by atoms with van der Waals surface area (Å²) in [6.45, 7) is 3.16. The van der Waals surface area contributed by atoms with Gasteiger partial charge in [-0.05, 0) is 45.5 Å². The number of carbonyl (C=O) groups is 2. The van der Waals surface area contributed by atoms with Crippen molar-refractivity contribution < 1.29 is 14.3 Å². The van der Waals surface area contributed by atoms with Crippen LogP contribution in [0.2, 0.25) is 0 Å². The minimum absolute atomic E-state index is 0.101. The average molecular weight is 437 g/mol. The highest BCUT2D eigenvalue weighted by atomic mass is 32.2. The Morgan fingerprint density at radius 3 is 1.47 bits per heavy atom. The van der Waals surface area contributed by atoms with E-state index in [2.05, 4.69) is 42.5 Å². The molecule has 0 saturated carbocycles. The molecule has 0 spiro atoms. The van der Waals surface area contributed by atoms with Crippen molar-refractivity contribution in [3.05, 3.63) is 77.9 Å². The zero-order valence-electron chi connectivity index (χ0n) is 17.3. The first kappa shape index (κ1) is 22.2. The van der Waals surface area contributed by atoms with Crippen LogP contribution in [0.1, 0.15) is 25.0 Å². The predicted octanol–water partition coefficient (Wildman–Crippen LogP) is 6.59. The lowest BCUT2D eigenvalue weighted by atomic mass is 9.98. The van der Waals surface area contributed by atoms with E-state index in [-0.39, 0.29) is 10.2 Å². The number of benzene rings is 3. The van der Waals surface area contributed by atoms with Crippen molar-refractivity contribution >= 4 is 33.8 Å². The summed E-state index contributed by atoms with van der Waals surface area (Å²) in [6.07, 6.45) is 0. The molecule has 30 heavy (non-hydrogen) atoms. The molecule has 0 bridgehead atoms. The Kier molecular flexibility index (Phi) is 7.77. The van der Waals surface area contributed by atoms with Crippen molar-refractivity contribution in [1.29, 1.82) is 0 Å². The van der Waals surface area contributed by atoms with Gasteiger partial charge in [0, 0.05) is 25.4 Å². The van der Waals surface area contributed by atoms with Gasteiger partial charge in [0.1, 0.15) is 5.75 Å². The van der Waals surface area contributed by atoms with Crippen LogP contribution in [0.4, 0.5) is 0 Å². The Hall–Kier alpha value is -2.50. The molecule has 0 N–H and O–H groups in total. The first-order valence-corrected chi connectivity index (χ1v) is 11.6. The fourth-order valence-electron chi connectivity index (χ4n) is 3.10. The van der Waals surface area contributed by atoms with Crippen molar-refractivity contribution in [1.82, 2.24) is 0 Å². The summed E-state index contributed by atoms with van der Waals surface area (Å²) in [5.74, 6) is 2.10. The van der Waals surface area contributed by atoms with Crippen LogP contribution in [0.25, 0.3) is 22.3 Å².